The Kier molecular flexibility index (Phi) is 5.62. The molecule has 1 N–H and O–H groups in total. The molecule has 0 unspecified atom stereocenters. The predicted octanol–water partition coefficient (Wildman–Crippen LogP) is 2.63. The van der Waals surface area contributed by atoms with Crippen molar-refractivity contribution in [3.8, 4) is 0 Å². The Labute approximate surface area is 131 Å². The topological polar surface area (TPSA) is 41.6 Å². The standard InChI is InChI=1S/C16H23ClN2O2/c1-11(2)18-16(20)12(3)19-8-9-21-15(10-19)13-6-4-5-7-14(13)17/h4-7,11-12,15H,8-10H2,1-3H3,(H,18,20)/t12-,15+/m0/s1. The summed E-state index contributed by atoms with van der Waals surface area (Å²) in [5, 5.41) is 3.67. The second-order valence-electron chi connectivity index (χ2n) is 5.72. The average Bonchev–Trinajstić information content (AvgIpc) is 2.46. The van der Waals surface area contributed by atoms with E-state index in [-0.39, 0.29) is 24.1 Å². The molecule has 0 bridgehead atoms. The van der Waals surface area contributed by atoms with Crippen molar-refractivity contribution in [2.45, 2.75) is 39.0 Å². The Bertz CT molecular complexity index is 493. The Balaban J connectivity index is 2.04. The van der Waals surface area contributed by atoms with Gasteiger partial charge in [-0.25, -0.2) is 0 Å². The first-order chi connectivity index (χ1) is 9.99. The largest absolute Gasteiger partial charge is 0.371 e. The molecule has 1 aromatic rings. The van der Waals surface area contributed by atoms with Crippen LogP contribution in [0.5, 0.6) is 0 Å². The third-order valence-corrected chi connectivity index (χ3v) is 4.05. The molecule has 0 radical (unpaired) electrons. The normalized spacial score (nSPS) is 21.3. The lowest BCUT2D eigenvalue weighted by Gasteiger charge is -2.36. The van der Waals surface area contributed by atoms with Crippen molar-refractivity contribution in [1.82, 2.24) is 10.2 Å². The summed E-state index contributed by atoms with van der Waals surface area (Å²) in [5.74, 6) is 0.0600. The minimum atomic E-state index is -0.165. The smallest absolute Gasteiger partial charge is 0.237 e. The van der Waals surface area contributed by atoms with E-state index >= 15 is 0 Å². The molecular weight excluding hydrogens is 288 g/mol. The third-order valence-electron chi connectivity index (χ3n) is 3.71. The summed E-state index contributed by atoms with van der Waals surface area (Å²) in [5.41, 5.74) is 0.986. The lowest BCUT2D eigenvalue weighted by Crippen LogP contribution is -2.51. The Morgan fingerprint density at radius 3 is 2.76 bits per heavy atom. The van der Waals surface area contributed by atoms with Gasteiger partial charge in [-0.15, -0.1) is 0 Å². The molecule has 5 heteroatoms. The van der Waals surface area contributed by atoms with Gasteiger partial charge in [0.05, 0.1) is 18.8 Å². The molecule has 1 aromatic carbocycles. The molecule has 4 nitrogen and oxygen atoms in total. The fourth-order valence-electron chi connectivity index (χ4n) is 2.52. The number of amides is 1. The lowest BCUT2D eigenvalue weighted by molar-refractivity contribution is -0.129. The molecule has 1 saturated heterocycles. The van der Waals surface area contributed by atoms with Gasteiger partial charge in [0.2, 0.25) is 5.91 Å². The van der Waals surface area contributed by atoms with Crippen LogP contribution in [0.15, 0.2) is 24.3 Å². The maximum absolute atomic E-state index is 12.1. The van der Waals surface area contributed by atoms with Crippen molar-refractivity contribution in [2.24, 2.45) is 0 Å². The molecule has 0 aromatic heterocycles. The maximum atomic E-state index is 12.1. The fourth-order valence-corrected chi connectivity index (χ4v) is 2.77. The fraction of sp³-hybridized carbons (Fsp3) is 0.562. The highest BCUT2D eigenvalue weighted by atomic mass is 35.5. The number of carbonyl (C=O) groups excluding carboxylic acids is 1. The zero-order chi connectivity index (χ0) is 15.4. The molecule has 2 atom stereocenters. The van der Waals surface area contributed by atoms with Gasteiger partial charge < -0.3 is 10.1 Å². The molecule has 1 fully saturated rings. The second kappa shape index (κ2) is 7.25. The zero-order valence-electron chi connectivity index (χ0n) is 12.8. The number of halogens is 1. The first-order valence-corrected chi connectivity index (χ1v) is 7.77. The first kappa shape index (κ1) is 16.3. The monoisotopic (exact) mass is 310 g/mol. The van der Waals surface area contributed by atoms with Crippen LogP contribution in [0.3, 0.4) is 0 Å². The summed E-state index contributed by atoms with van der Waals surface area (Å²) >= 11 is 6.24. The van der Waals surface area contributed by atoms with E-state index in [0.29, 0.717) is 18.2 Å². The molecule has 21 heavy (non-hydrogen) atoms. The molecule has 0 saturated carbocycles. The van der Waals surface area contributed by atoms with Crippen molar-refractivity contribution in [2.75, 3.05) is 19.7 Å². The quantitative estimate of drug-likeness (QED) is 0.929. The van der Waals surface area contributed by atoms with Crippen molar-refractivity contribution in [3.63, 3.8) is 0 Å². The summed E-state index contributed by atoms with van der Waals surface area (Å²) < 4.78 is 5.83. The zero-order valence-corrected chi connectivity index (χ0v) is 13.6. The van der Waals surface area contributed by atoms with Crippen LogP contribution in [0.1, 0.15) is 32.4 Å². The number of nitrogens with zero attached hydrogens (tertiary/aromatic N) is 1. The van der Waals surface area contributed by atoms with Crippen LogP contribution in [0, 0.1) is 0 Å². The van der Waals surface area contributed by atoms with Gasteiger partial charge in [-0.1, -0.05) is 29.8 Å². The Morgan fingerprint density at radius 2 is 2.10 bits per heavy atom. The van der Waals surface area contributed by atoms with Crippen LogP contribution in [0.25, 0.3) is 0 Å². The van der Waals surface area contributed by atoms with Crippen LogP contribution in [-0.2, 0) is 9.53 Å². The van der Waals surface area contributed by atoms with Gasteiger partial charge in [-0.05, 0) is 26.8 Å². The van der Waals surface area contributed by atoms with Crippen LogP contribution in [-0.4, -0.2) is 42.6 Å². The molecule has 2 rings (SSSR count). The minimum Gasteiger partial charge on any atom is -0.371 e. The molecule has 0 spiro atoms. The molecule has 1 amide bonds. The van der Waals surface area contributed by atoms with Crippen molar-refractivity contribution < 1.29 is 9.53 Å². The van der Waals surface area contributed by atoms with Crippen molar-refractivity contribution in [3.05, 3.63) is 34.9 Å². The number of hydrogen-bond donors (Lipinski definition) is 1. The van der Waals surface area contributed by atoms with Crippen LogP contribution in [0.2, 0.25) is 5.02 Å². The van der Waals surface area contributed by atoms with E-state index in [9.17, 15) is 4.79 Å². The van der Waals surface area contributed by atoms with E-state index in [1.165, 1.54) is 0 Å². The SMILES string of the molecule is CC(C)NC(=O)[C@H](C)N1CCO[C@@H](c2ccccc2Cl)C1. The molecule has 1 heterocycles. The number of rotatable bonds is 4. The van der Waals surface area contributed by atoms with E-state index in [4.69, 9.17) is 16.3 Å². The van der Waals surface area contributed by atoms with Crippen LogP contribution >= 0.6 is 11.6 Å². The summed E-state index contributed by atoms with van der Waals surface area (Å²) in [6, 6.07) is 7.70. The van der Waals surface area contributed by atoms with Crippen LogP contribution in [0.4, 0.5) is 0 Å². The average molecular weight is 311 g/mol. The molecule has 116 valence electrons. The van der Waals surface area contributed by atoms with Crippen molar-refractivity contribution >= 4 is 17.5 Å². The molecule has 0 aliphatic carbocycles. The Hall–Kier alpha value is -1.10. The number of nitrogens with one attached hydrogen (secondary N) is 1. The van der Waals surface area contributed by atoms with Gasteiger partial charge in [0.25, 0.3) is 0 Å². The highest BCUT2D eigenvalue weighted by molar-refractivity contribution is 6.31. The van der Waals surface area contributed by atoms with Gasteiger partial charge in [0.1, 0.15) is 0 Å². The van der Waals surface area contributed by atoms with Gasteiger partial charge >= 0.3 is 0 Å². The van der Waals surface area contributed by atoms with Gasteiger partial charge in [0, 0.05) is 29.7 Å². The van der Waals surface area contributed by atoms with Crippen molar-refractivity contribution in [1.29, 1.82) is 0 Å². The van der Waals surface area contributed by atoms with E-state index in [0.717, 1.165) is 12.1 Å². The maximum Gasteiger partial charge on any atom is 0.237 e. The van der Waals surface area contributed by atoms with E-state index in [1.807, 2.05) is 45.0 Å². The third kappa shape index (κ3) is 4.19. The summed E-state index contributed by atoms with van der Waals surface area (Å²) in [7, 11) is 0. The number of hydrogen-bond acceptors (Lipinski definition) is 3. The predicted molar refractivity (Wildman–Crippen MR) is 84.5 cm³/mol. The lowest BCUT2D eigenvalue weighted by atomic mass is 10.1. The summed E-state index contributed by atoms with van der Waals surface area (Å²) in [6.07, 6.45) is -0.0817. The van der Waals surface area contributed by atoms with Gasteiger partial charge in [-0.3, -0.25) is 9.69 Å². The highest BCUT2D eigenvalue weighted by Gasteiger charge is 2.29. The second-order valence-corrected chi connectivity index (χ2v) is 6.12. The summed E-state index contributed by atoms with van der Waals surface area (Å²) in [6.45, 7) is 7.92. The van der Waals surface area contributed by atoms with E-state index in [1.54, 1.807) is 0 Å². The van der Waals surface area contributed by atoms with E-state index < -0.39 is 0 Å². The first-order valence-electron chi connectivity index (χ1n) is 7.39. The van der Waals surface area contributed by atoms with E-state index in [2.05, 4.69) is 10.2 Å². The number of ether oxygens (including phenoxy) is 1. The number of carbonyl (C=O) groups is 1. The Morgan fingerprint density at radius 1 is 1.38 bits per heavy atom. The van der Waals surface area contributed by atoms with Gasteiger partial charge in [0.15, 0.2) is 0 Å². The minimum absolute atomic E-state index is 0.0600. The van der Waals surface area contributed by atoms with Crippen LogP contribution < -0.4 is 5.32 Å². The summed E-state index contributed by atoms with van der Waals surface area (Å²) in [4.78, 5) is 14.3. The highest BCUT2D eigenvalue weighted by Crippen LogP contribution is 2.28. The number of morpholine rings is 1. The van der Waals surface area contributed by atoms with Gasteiger partial charge in [-0.2, -0.15) is 0 Å². The molecule has 1 aliphatic heterocycles. The molecular formula is C16H23ClN2O2. The number of benzene rings is 1. The molecule has 1 aliphatic rings.